The number of hydrogen-bond donors (Lipinski definition) is 5. The van der Waals surface area contributed by atoms with Crippen LogP contribution in [0.3, 0.4) is 0 Å². The highest BCUT2D eigenvalue weighted by Crippen LogP contribution is 2.48. The molecule has 3 saturated carbocycles. The highest BCUT2D eigenvalue weighted by Gasteiger charge is 2.53. The number of aromatic carboxylic acids is 2. The maximum Gasteiger partial charge on any atom is 0.341 e. The highest BCUT2D eigenvalue weighted by molar-refractivity contribution is 6.02. The molecule has 4 aliphatic rings. The van der Waals surface area contributed by atoms with Crippen LogP contribution in [0.25, 0.3) is 21.8 Å². The molecule has 0 amide bonds. The topological polar surface area (TPSA) is 209 Å². The zero-order chi connectivity index (χ0) is 39.5. The molecule has 1 aliphatic heterocycles. The molecule has 55 heavy (non-hydrogen) atoms. The molecular weight excluding hydrogens is 759 g/mol. The first kappa shape index (κ1) is 39.7. The third kappa shape index (κ3) is 6.23. The van der Waals surface area contributed by atoms with Crippen molar-refractivity contribution in [1.82, 2.24) is 9.13 Å². The molecule has 0 bridgehead atoms. The Morgan fingerprint density at radius 1 is 0.800 bits per heavy atom. The Labute approximate surface area is 314 Å². The summed E-state index contributed by atoms with van der Waals surface area (Å²) in [4.78, 5) is 49.8. The smallest absolute Gasteiger partial charge is 0.341 e. The summed E-state index contributed by atoms with van der Waals surface area (Å²) >= 11 is 0. The quantitative estimate of drug-likeness (QED) is 0.130. The van der Waals surface area contributed by atoms with E-state index in [1.54, 1.807) is 14.0 Å². The zero-order valence-corrected chi connectivity index (χ0v) is 30.5. The van der Waals surface area contributed by atoms with E-state index in [1.165, 1.54) is 16.1 Å². The minimum absolute atomic E-state index is 0. The maximum absolute atomic E-state index is 15.6. The SMILES string of the molecule is COC1CN(c2c(F)c(N)c3c(=O)c(C(=O)O)cn(C4CC4F)c3c2C)C[C@@H]1C1(N)CC1.Cc1c(F)c(F)c(N)c2c(=O)c(C(=O)O)cn([C@@H]3C[C@@H]3F)c12.Cl. The van der Waals surface area contributed by atoms with Gasteiger partial charge in [0.1, 0.15) is 23.5 Å². The monoisotopic (exact) mass is 796 g/mol. The van der Waals surface area contributed by atoms with E-state index in [4.69, 9.17) is 27.0 Å². The second kappa shape index (κ2) is 13.7. The van der Waals surface area contributed by atoms with Gasteiger partial charge in [0.15, 0.2) is 17.5 Å². The van der Waals surface area contributed by atoms with E-state index in [2.05, 4.69) is 0 Å². The first-order chi connectivity index (χ1) is 25.3. The Bertz CT molecular complexity index is 2440. The Kier molecular flexibility index (Phi) is 9.88. The van der Waals surface area contributed by atoms with Crippen molar-refractivity contribution in [1.29, 1.82) is 0 Å². The number of alkyl halides is 2. The van der Waals surface area contributed by atoms with Crippen LogP contribution < -0.4 is 33.0 Å². The third-order valence-electron chi connectivity index (χ3n) is 11.3. The first-order valence-electron chi connectivity index (χ1n) is 17.1. The number of nitrogens with zero attached hydrogens (tertiary/aromatic N) is 3. The van der Waals surface area contributed by atoms with Crippen LogP contribution in [0.5, 0.6) is 0 Å². The van der Waals surface area contributed by atoms with Gasteiger partial charge in [-0.15, -0.1) is 12.4 Å². The molecule has 0 spiro atoms. The molecule has 6 atom stereocenters. The number of fused-ring (bicyclic) bond motifs is 2. The number of hydrogen-bond acceptors (Lipinski definition) is 9. The van der Waals surface area contributed by atoms with Crippen molar-refractivity contribution in [2.45, 2.75) is 75.6 Å². The maximum atomic E-state index is 15.6. The van der Waals surface area contributed by atoms with Crippen LogP contribution in [0.15, 0.2) is 22.0 Å². The number of methoxy groups -OCH3 is 1. The van der Waals surface area contributed by atoms with Gasteiger partial charge in [-0.3, -0.25) is 9.59 Å². The fourth-order valence-corrected chi connectivity index (χ4v) is 7.89. The molecule has 0 radical (unpaired) electrons. The molecule has 2 aromatic carbocycles. The second-order valence-electron chi connectivity index (χ2n) is 14.6. The van der Waals surface area contributed by atoms with E-state index in [0.29, 0.717) is 18.7 Å². The van der Waals surface area contributed by atoms with Gasteiger partial charge in [-0.1, -0.05) is 0 Å². The minimum atomic E-state index is -1.54. The lowest BCUT2D eigenvalue weighted by Crippen LogP contribution is -2.40. The van der Waals surface area contributed by atoms with Gasteiger partial charge in [0.25, 0.3) is 0 Å². The lowest BCUT2D eigenvalue weighted by Gasteiger charge is -2.26. The van der Waals surface area contributed by atoms with Crippen LogP contribution in [0.2, 0.25) is 0 Å². The lowest BCUT2D eigenvalue weighted by atomic mass is 9.95. The number of anilines is 3. The van der Waals surface area contributed by atoms with Crippen molar-refractivity contribution in [3.05, 3.63) is 72.5 Å². The van der Waals surface area contributed by atoms with Crippen molar-refractivity contribution >= 4 is 63.2 Å². The molecule has 296 valence electrons. The van der Waals surface area contributed by atoms with Crippen LogP contribution in [-0.4, -0.2) is 75.5 Å². The largest absolute Gasteiger partial charge is 0.477 e. The Hall–Kier alpha value is -4.94. The van der Waals surface area contributed by atoms with E-state index >= 15 is 4.39 Å². The molecule has 1 saturated heterocycles. The number of rotatable bonds is 7. The molecule has 4 fully saturated rings. The molecule has 19 heteroatoms. The molecular formula is C36H38ClF5N6O7. The summed E-state index contributed by atoms with van der Waals surface area (Å²) in [6.07, 6.45) is 1.57. The average molecular weight is 797 g/mol. The van der Waals surface area contributed by atoms with Gasteiger partial charge in [0, 0.05) is 62.5 Å². The number of halogens is 6. The van der Waals surface area contributed by atoms with Crippen LogP contribution >= 0.6 is 12.4 Å². The van der Waals surface area contributed by atoms with Gasteiger partial charge in [-0.25, -0.2) is 31.5 Å². The van der Waals surface area contributed by atoms with Crippen molar-refractivity contribution in [2.24, 2.45) is 11.7 Å². The standard InChI is InChI=1S/C22H26F2N4O4.C14H11F3N2O3.ClH/c1-9-18-15(20(29)10(21(30)31)6-28(18)13-5-12(13)23)17(25)16(24)19(9)27-7-11(14(8-27)32-2)22(26)3-4-22;1-4-9(16)10(17)11(18)8-12(4)19(7-2-6(7)15)3-5(13(8)20)14(21)22;/h6,11-14H,3-5,7-8,25-26H2,1-2H3,(H,30,31);3,6-7H,2,18H2,1H3,(H,21,22);1H/t11-,12?,13?,14?;6-,7+;/m00./s1. The van der Waals surface area contributed by atoms with Gasteiger partial charge in [-0.05, 0) is 32.3 Å². The number of nitrogens with two attached hydrogens (primary N) is 3. The predicted molar refractivity (Wildman–Crippen MR) is 196 cm³/mol. The van der Waals surface area contributed by atoms with E-state index in [1.807, 2.05) is 4.90 Å². The van der Waals surface area contributed by atoms with E-state index in [9.17, 15) is 41.8 Å². The van der Waals surface area contributed by atoms with Gasteiger partial charge in [0.05, 0.1) is 57.1 Å². The van der Waals surface area contributed by atoms with Crippen LogP contribution in [-0.2, 0) is 4.74 Å². The van der Waals surface area contributed by atoms with Crippen LogP contribution in [0.1, 0.15) is 69.6 Å². The number of nitrogen functional groups attached to an aromatic ring is 2. The van der Waals surface area contributed by atoms with Crippen molar-refractivity contribution in [3.63, 3.8) is 0 Å². The molecule has 8 rings (SSSR count). The summed E-state index contributed by atoms with van der Waals surface area (Å²) in [5, 5.41) is 17.9. The normalized spacial score (nSPS) is 24.6. The van der Waals surface area contributed by atoms with E-state index < -0.39 is 92.6 Å². The summed E-state index contributed by atoms with van der Waals surface area (Å²) in [6, 6.07) is -1.34. The second-order valence-corrected chi connectivity index (χ2v) is 14.6. The van der Waals surface area contributed by atoms with Gasteiger partial charge < -0.3 is 46.2 Å². The summed E-state index contributed by atoms with van der Waals surface area (Å²) in [5.41, 5.74) is 14.0. The third-order valence-corrected chi connectivity index (χ3v) is 11.3. The number of ether oxygens (including phenoxy) is 1. The van der Waals surface area contributed by atoms with Gasteiger partial charge >= 0.3 is 11.9 Å². The number of carbonyl (C=O) groups is 2. The van der Waals surface area contributed by atoms with Gasteiger partial charge in [0.2, 0.25) is 10.9 Å². The number of benzene rings is 2. The van der Waals surface area contributed by atoms with Crippen LogP contribution in [0.4, 0.5) is 39.0 Å². The summed E-state index contributed by atoms with van der Waals surface area (Å²) in [6.45, 7) is 3.74. The fraction of sp³-hybridized carbons (Fsp3) is 0.444. The first-order valence-corrected chi connectivity index (χ1v) is 17.1. The predicted octanol–water partition coefficient (Wildman–Crippen LogP) is 4.53. The van der Waals surface area contributed by atoms with Gasteiger partial charge in [-0.2, -0.15) is 0 Å². The lowest BCUT2D eigenvalue weighted by molar-refractivity contribution is 0.0684. The fourth-order valence-electron chi connectivity index (χ4n) is 7.89. The van der Waals surface area contributed by atoms with Crippen LogP contribution in [0, 0.1) is 37.2 Å². The molecule has 4 aromatic rings. The van der Waals surface area contributed by atoms with E-state index in [0.717, 1.165) is 25.2 Å². The minimum Gasteiger partial charge on any atom is -0.477 e. The summed E-state index contributed by atoms with van der Waals surface area (Å²) in [7, 11) is 1.60. The number of aromatic nitrogens is 2. The zero-order valence-electron chi connectivity index (χ0n) is 29.7. The molecule has 3 unspecified atom stereocenters. The summed E-state index contributed by atoms with van der Waals surface area (Å²) < 4.78 is 79.0. The van der Waals surface area contributed by atoms with Crippen molar-refractivity contribution in [3.8, 4) is 0 Å². The Morgan fingerprint density at radius 2 is 1.24 bits per heavy atom. The molecule has 3 aliphatic carbocycles. The number of aryl methyl sites for hydroxylation is 2. The molecule has 2 aromatic heterocycles. The molecule has 3 heterocycles. The Balaban J connectivity index is 0.000000196. The summed E-state index contributed by atoms with van der Waals surface area (Å²) in [5.74, 6) is -6.43. The van der Waals surface area contributed by atoms with E-state index in [-0.39, 0.29) is 70.5 Å². The molecule has 13 nitrogen and oxygen atoms in total. The Morgan fingerprint density at radius 3 is 1.64 bits per heavy atom. The highest BCUT2D eigenvalue weighted by atomic mass is 35.5. The average Bonchev–Trinajstić information content (AvgIpc) is 4.09. The van der Waals surface area contributed by atoms with Crippen molar-refractivity contribution < 1.29 is 46.5 Å². The number of carboxylic acids is 2. The van der Waals surface area contributed by atoms with Crippen molar-refractivity contribution in [2.75, 3.05) is 36.6 Å². The number of carboxylic acid groups (broad SMARTS) is 2. The number of pyridine rings is 2. The molecule has 8 N–H and O–H groups in total.